The van der Waals surface area contributed by atoms with Crippen LogP contribution in [0.25, 0.3) is 0 Å². The predicted octanol–water partition coefficient (Wildman–Crippen LogP) is 3.73. The molecule has 2 atom stereocenters. The molecular weight excluding hydrogens is 244 g/mol. The van der Waals surface area contributed by atoms with Gasteiger partial charge < -0.3 is 0 Å². The predicted molar refractivity (Wildman–Crippen MR) is 83.8 cm³/mol. The topological polar surface area (TPSA) is 6.25 Å². The van der Waals surface area contributed by atoms with Crippen molar-refractivity contribution < 1.29 is 4.58 Å². The Morgan fingerprint density at radius 3 is 2.60 bits per heavy atom. The summed E-state index contributed by atoms with van der Waals surface area (Å²) < 4.78 is 2.40. The van der Waals surface area contributed by atoms with E-state index in [2.05, 4.69) is 78.9 Å². The minimum absolute atomic E-state index is 0.416. The third kappa shape index (κ3) is 2.09. The van der Waals surface area contributed by atoms with Crippen molar-refractivity contribution >= 4 is 5.84 Å². The van der Waals surface area contributed by atoms with E-state index >= 15 is 0 Å². The first-order valence-electron chi connectivity index (χ1n) is 7.46. The Morgan fingerprint density at radius 1 is 1.20 bits per heavy atom. The Labute approximate surface area is 121 Å². The summed E-state index contributed by atoms with van der Waals surface area (Å²) >= 11 is 0. The summed E-state index contributed by atoms with van der Waals surface area (Å²) in [5.41, 5.74) is 2.84. The SMILES string of the molecule is CC1=[N+](C)[C@H](C)[C@H](c2ccccc2)N1C1=CC=CCC1. The molecule has 20 heavy (non-hydrogen) atoms. The van der Waals surface area contributed by atoms with Crippen molar-refractivity contribution in [1.29, 1.82) is 0 Å². The molecule has 0 spiro atoms. The van der Waals surface area contributed by atoms with Crippen LogP contribution >= 0.6 is 0 Å². The second-order valence-electron chi connectivity index (χ2n) is 5.75. The third-order valence-electron chi connectivity index (χ3n) is 4.65. The number of allylic oxidation sites excluding steroid dienone is 4. The van der Waals surface area contributed by atoms with Crippen molar-refractivity contribution in [2.75, 3.05) is 7.05 Å². The van der Waals surface area contributed by atoms with E-state index < -0.39 is 0 Å². The molecule has 0 N–H and O–H groups in total. The van der Waals surface area contributed by atoms with E-state index in [1.54, 1.807) is 0 Å². The molecule has 0 saturated carbocycles. The van der Waals surface area contributed by atoms with Gasteiger partial charge >= 0.3 is 0 Å². The standard InChI is InChI=1S/C18H23N2/c1-14-18(16-10-6-4-7-11-16)20(15(2)19(14)3)17-12-8-5-9-13-17/h4-8,10-12,14,18H,9,13H2,1-3H3/q+1/t14-,18-/m1/s1. The highest BCUT2D eigenvalue weighted by atomic mass is 15.3. The Balaban J connectivity index is 2.03. The summed E-state index contributed by atoms with van der Waals surface area (Å²) in [4.78, 5) is 2.53. The maximum atomic E-state index is 2.53. The van der Waals surface area contributed by atoms with Crippen molar-refractivity contribution in [2.24, 2.45) is 0 Å². The van der Waals surface area contributed by atoms with Crippen molar-refractivity contribution in [2.45, 2.75) is 38.8 Å². The zero-order chi connectivity index (χ0) is 14.1. The van der Waals surface area contributed by atoms with Gasteiger partial charge in [-0.2, -0.15) is 0 Å². The quantitative estimate of drug-likeness (QED) is 0.740. The lowest BCUT2D eigenvalue weighted by molar-refractivity contribution is -0.528. The van der Waals surface area contributed by atoms with E-state index in [1.165, 1.54) is 17.1 Å². The molecule has 2 aliphatic rings. The summed E-state index contributed by atoms with van der Waals surface area (Å²) in [7, 11) is 2.20. The van der Waals surface area contributed by atoms with Gasteiger partial charge in [-0.15, -0.1) is 0 Å². The van der Waals surface area contributed by atoms with Crippen molar-refractivity contribution in [1.82, 2.24) is 4.90 Å². The Morgan fingerprint density at radius 2 is 1.95 bits per heavy atom. The largest absolute Gasteiger partial charge is 0.261 e. The number of benzene rings is 1. The van der Waals surface area contributed by atoms with Gasteiger partial charge in [0.25, 0.3) is 0 Å². The summed E-state index contributed by atoms with van der Waals surface area (Å²) in [6, 6.07) is 11.8. The molecule has 0 bridgehead atoms. The van der Waals surface area contributed by atoms with E-state index in [-0.39, 0.29) is 0 Å². The maximum absolute atomic E-state index is 2.53. The van der Waals surface area contributed by atoms with E-state index in [0.717, 1.165) is 12.8 Å². The molecule has 0 aromatic heterocycles. The van der Waals surface area contributed by atoms with E-state index in [0.29, 0.717) is 12.1 Å². The number of hydrogen-bond donors (Lipinski definition) is 0. The normalized spacial score (nSPS) is 26.1. The van der Waals surface area contributed by atoms with Gasteiger partial charge in [-0.25, -0.2) is 4.90 Å². The van der Waals surface area contributed by atoms with Crippen LogP contribution in [0, 0.1) is 0 Å². The van der Waals surface area contributed by atoms with Crippen LogP contribution in [0.5, 0.6) is 0 Å². The highest BCUT2D eigenvalue weighted by Gasteiger charge is 2.44. The molecule has 1 aliphatic heterocycles. The van der Waals surface area contributed by atoms with E-state index in [4.69, 9.17) is 0 Å². The molecule has 0 fully saturated rings. The van der Waals surface area contributed by atoms with Gasteiger partial charge in [0.05, 0.1) is 7.05 Å². The average molecular weight is 267 g/mol. The maximum Gasteiger partial charge on any atom is 0.249 e. The van der Waals surface area contributed by atoms with Crippen LogP contribution in [-0.2, 0) is 0 Å². The summed E-state index contributed by atoms with van der Waals surface area (Å²) in [6.45, 7) is 4.55. The molecule has 0 radical (unpaired) electrons. The van der Waals surface area contributed by atoms with Crippen LogP contribution < -0.4 is 0 Å². The second kappa shape index (κ2) is 5.28. The van der Waals surface area contributed by atoms with Gasteiger partial charge in [-0.05, 0) is 19.4 Å². The first kappa shape index (κ1) is 13.2. The molecule has 0 unspecified atom stereocenters. The first-order chi connectivity index (χ1) is 9.70. The van der Waals surface area contributed by atoms with Gasteiger partial charge in [-0.3, -0.25) is 4.58 Å². The highest BCUT2D eigenvalue weighted by Crippen LogP contribution is 2.36. The fourth-order valence-electron chi connectivity index (χ4n) is 3.35. The Bertz CT molecular complexity index is 581. The van der Waals surface area contributed by atoms with Crippen LogP contribution in [0.3, 0.4) is 0 Å². The number of nitrogens with zero attached hydrogens (tertiary/aromatic N) is 2. The van der Waals surface area contributed by atoms with Gasteiger partial charge in [0, 0.05) is 18.9 Å². The fourth-order valence-corrected chi connectivity index (χ4v) is 3.35. The lowest BCUT2D eigenvalue weighted by Gasteiger charge is -2.25. The van der Waals surface area contributed by atoms with E-state index in [1.807, 2.05) is 0 Å². The van der Waals surface area contributed by atoms with Gasteiger partial charge in [0.15, 0.2) is 6.04 Å². The van der Waals surface area contributed by atoms with Crippen molar-refractivity contribution in [3.8, 4) is 0 Å². The van der Waals surface area contributed by atoms with E-state index in [9.17, 15) is 0 Å². The molecule has 3 rings (SSSR count). The minimum Gasteiger partial charge on any atom is -0.261 e. The lowest BCUT2D eigenvalue weighted by atomic mass is 9.98. The molecule has 1 aromatic rings. The first-order valence-corrected chi connectivity index (χ1v) is 7.46. The number of amidine groups is 1. The van der Waals surface area contributed by atoms with Crippen LogP contribution in [0.15, 0.2) is 54.3 Å². The minimum atomic E-state index is 0.416. The van der Waals surface area contributed by atoms with Crippen molar-refractivity contribution in [3.05, 3.63) is 59.8 Å². The molecule has 1 heterocycles. The number of likely N-dealkylation sites (N-methyl/N-ethyl adjacent to an activating group) is 1. The molecule has 0 saturated heterocycles. The summed E-state index contributed by atoms with van der Waals surface area (Å²) in [5, 5.41) is 0. The smallest absolute Gasteiger partial charge is 0.249 e. The number of rotatable bonds is 2. The number of hydrogen-bond acceptors (Lipinski definition) is 1. The van der Waals surface area contributed by atoms with Crippen LogP contribution in [0.1, 0.15) is 38.3 Å². The molecule has 0 amide bonds. The zero-order valence-corrected chi connectivity index (χ0v) is 12.6. The zero-order valence-electron chi connectivity index (χ0n) is 12.6. The molecule has 1 aliphatic carbocycles. The molecular formula is C18H23N2+. The van der Waals surface area contributed by atoms with Crippen LogP contribution in [0.4, 0.5) is 0 Å². The lowest BCUT2D eigenvalue weighted by Crippen LogP contribution is -2.31. The molecule has 2 nitrogen and oxygen atoms in total. The average Bonchev–Trinajstić information content (AvgIpc) is 2.73. The van der Waals surface area contributed by atoms with Crippen LogP contribution in [0.2, 0.25) is 0 Å². The summed E-state index contributed by atoms with van der Waals surface area (Å²) in [5.74, 6) is 1.35. The molecule has 104 valence electrons. The van der Waals surface area contributed by atoms with Gasteiger partial charge in [0.2, 0.25) is 5.84 Å². The van der Waals surface area contributed by atoms with Crippen molar-refractivity contribution in [3.63, 3.8) is 0 Å². The monoisotopic (exact) mass is 267 g/mol. The summed E-state index contributed by atoms with van der Waals surface area (Å²) in [6.07, 6.45) is 9.00. The third-order valence-corrected chi connectivity index (χ3v) is 4.65. The molecule has 1 aromatic carbocycles. The molecule has 2 heteroatoms. The Kier molecular flexibility index (Phi) is 3.47. The van der Waals surface area contributed by atoms with Gasteiger partial charge in [0.1, 0.15) is 11.7 Å². The fraction of sp³-hybridized carbons (Fsp3) is 0.389. The highest BCUT2D eigenvalue weighted by molar-refractivity contribution is 5.79. The Hall–Kier alpha value is -1.83. The second-order valence-corrected chi connectivity index (χ2v) is 5.75. The van der Waals surface area contributed by atoms with Crippen LogP contribution in [-0.4, -0.2) is 28.4 Å². The van der Waals surface area contributed by atoms with Gasteiger partial charge in [-0.1, -0.05) is 42.5 Å².